The molecule has 2 rings (SSSR count). The molecule has 0 bridgehead atoms. The second-order valence-electron chi connectivity index (χ2n) is 3.69. The fourth-order valence-electron chi connectivity index (χ4n) is 1.93. The van der Waals surface area contributed by atoms with E-state index in [1.165, 1.54) is 11.3 Å². The highest BCUT2D eigenvalue weighted by molar-refractivity contribution is 8.93. The van der Waals surface area contributed by atoms with Gasteiger partial charge in [0.2, 0.25) is 5.75 Å². The van der Waals surface area contributed by atoms with E-state index < -0.39 is 0 Å². The molecule has 0 fully saturated rings. The number of aromatic nitrogens is 1. The highest BCUT2D eigenvalue weighted by atomic mass is 79.9. The third-order valence-electron chi connectivity index (χ3n) is 2.75. The Morgan fingerprint density at radius 3 is 2.40 bits per heavy atom. The van der Waals surface area contributed by atoms with Crippen LogP contribution in [0.5, 0.6) is 17.2 Å². The van der Waals surface area contributed by atoms with Crippen molar-refractivity contribution in [1.29, 1.82) is 5.41 Å². The Morgan fingerprint density at radius 2 is 1.90 bits per heavy atom. The Kier molecular flexibility index (Phi) is 5.48. The van der Waals surface area contributed by atoms with Crippen LogP contribution in [0.2, 0.25) is 0 Å². The third-order valence-corrected chi connectivity index (χ3v) is 3.76. The SMILES string of the molecule is Br.C#CCn1c(=N)sc2c(OC)c(OC)c(OC)cc21. The van der Waals surface area contributed by atoms with Crippen molar-refractivity contribution < 1.29 is 14.2 Å². The summed E-state index contributed by atoms with van der Waals surface area (Å²) in [4.78, 5) is 0.363. The first kappa shape index (κ1) is 16.4. The number of nitrogens with zero attached hydrogens (tertiary/aromatic N) is 1. The van der Waals surface area contributed by atoms with Gasteiger partial charge in [-0.2, -0.15) is 0 Å². The van der Waals surface area contributed by atoms with Crippen LogP contribution in [-0.2, 0) is 6.54 Å². The Labute approximate surface area is 131 Å². The average molecular weight is 359 g/mol. The lowest BCUT2D eigenvalue weighted by Gasteiger charge is -2.13. The van der Waals surface area contributed by atoms with Crippen LogP contribution in [0.4, 0.5) is 0 Å². The van der Waals surface area contributed by atoms with E-state index in [1.807, 2.05) is 6.07 Å². The number of benzene rings is 1. The highest BCUT2D eigenvalue weighted by Gasteiger charge is 2.19. The second kappa shape index (κ2) is 6.68. The van der Waals surface area contributed by atoms with Crippen molar-refractivity contribution in [3.8, 4) is 29.6 Å². The van der Waals surface area contributed by atoms with Gasteiger partial charge in [0.05, 0.1) is 33.4 Å². The summed E-state index contributed by atoms with van der Waals surface area (Å²) < 4.78 is 18.6. The minimum Gasteiger partial charge on any atom is -0.493 e. The van der Waals surface area contributed by atoms with E-state index in [0.717, 1.165) is 10.2 Å². The molecular formula is C13H15BrN2O3S. The predicted octanol–water partition coefficient (Wildman–Crippen LogP) is 2.42. The molecule has 7 heteroatoms. The van der Waals surface area contributed by atoms with Crippen LogP contribution in [0.1, 0.15) is 0 Å². The molecule has 0 radical (unpaired) electrons. The summed E-state index contributed by atoms with van der Waals surface area (Å²) in [6, 6.07) is 1.81. The molecule has 0 unspecified atom stereocenters. The average Bonchev–Trinajstić information content (AvgIpc) is 2.73. The first-order valence-electron chi connectivity index (χ1n) is 5.48. The Hall–Kier alpha value is -1.65. The van der Waals surface area contributed by atoms with Gasteiger partial charge in [-0.3, -0.25) is 5.41 Å². The van der Waals surface area contributed by atoms with Crippen LogP contribution in [0.15, 0.2) is 6.07 Å². The molecule has 20 heavy (non-hydrogen) atoms. The van der Waals surface area contributed by atoms with Gasteiger partial charge in [0.15, 0.2) is 16.3 Å². The zero-order chi connectivity index (χ0) is 14.0. The molecular weight excluding hydrogens is 344 g/mol. The molecule has 5 nitrogen and oxygen atoms in total. The Morgan fingerprint density at radius 1 is 1.25 bits per heavy atom. The van der Waals surface area contributed by atoms with Gasteiger partial charge < -0.3 is 18.8 Å². The van der Waals surface area contributed by atoms with Gasteiger partial charge in [-0.05, 0) is 0 Å². The summed E-state index contributed by atoms with van der Waals surface area (Å²) in [7, 11) is 4.67. The maximum Gasteiger partial charge on any atom is 0.204 e. The molecule has 1 aromatic heterocycles. The lowest BCUT2D eigenvalue weighted by Crippen LogP contribution is -2.11. The maximum absolute atomic E-state index is 7.98. The summed E-state index contributed by atoms with van der Waals surface area (Å²) in [5.74, 6) is 4.18. The predicted molar refractivity (Wildman–Crippen MR) is 84.5 cm³/mol. The summed E-state index contributed by atoms with van der Waals surface area (Å²) >= 11 is 1.29. The molecule has 0 saturated carbocycles. The van der Waals surface area contributed by atoms with Crippen LogP contribution < -0.4 is 19.0 Å². The van der Waals surface area contributed by atoms with Gasteiger partial charge in [0.25, 0.3) is 0 Å². The first-order chi connectivity index (χ1) is 9.17. The fraction of sp³-hybridized carbons (Fsp3) is 0.308. The standard InChI is InChI=1S/C13H14N2O3S.BrH/c1-5-6-15-8-7-9(16-2)10(17-3)11(18-4)12(8)19-13(15)14;/h1,7,14H,6H2,2-4H3;1H. The zero-order valence-corrected chi connectivity index (χ0v) is 13.9. The molecule has 0 aliphatic rings. The lowest BCUT2D eigenvalue weighted by atomic mass is 10.2. The lowest BCUT2D eigenvalue weighted by molar-refractivity contribution is 0.327. The van der Waals surface area contributed by atoms with E-state index in [0.29, 0.717) is 28.6 Å². The normalized spacial score (nSPS) is 9.70. The molecule has 1 N–H and O–H groups in total. The number of hydrogen-bond acceptors (Lipinski definition) is 5. The summed E-state index contributed by atoms with van der Waals surface area (Å²) in [5.41, 5.74) is 0.808. The molecule has 0 atom stereocenters. The highest BCUT2D eigenvalue weighted by Crippen LogP contribution is 2.44. The second-order valence-corrected chi connectivity index (χ2v) is 4.69. The number of hydrogen-bond donors (Lipinski definition) is 1. The summed E-state index contributed by atoms with van der Waals surface area (Å²) in [6.45, 7) is 0.331. The smallest absolute Gasteiger partial charge is 0.204 e. The molecule has 0 amide bonds. The van der Waals surface area contributed by atoms with E-state index in [4.69, 9.17) is 26.0 Å². The van der Waals surface area contributed by atoms with E-state index in [2.05, 4.69) is 5.92 Å². The number of ether oxygens (including phenoxy) is 3. The quantitative estimate of drug-likeness (QED) is 0.853. The van der Waals surface area contributed by atoms with Crippen LogP contribution in [-0.4, -0.2) is 25.9 Å². The molecule has 0 saturated heterocycles. The number of halogens is 1. The summed E-state index contributed by atoms with van der Waals surface area (Å²) in [6.07, 6.45) is 5.34. The van der Waals surface area contributed by atoms with E-state index in [9.17, 15) is 0 Å². The van der Waals surface area contributed by atoms with Crippen molar-refractivity contribution >= 4 is 38.5 Å². The molecule has 1 aromatic carbocycles. The number of thiazole rings is 1. The van der Waals surface area contributed by atoms with Gasteiger partial charge in [-0.15, -0.1) is 23.4 Å². The molecule has 0 spiro atoms. The molecule has 108 valence electrons. The minimum absolute atomic E-state index is 0. The summed E-state index contributed by atoms with van der Waals surface area (Å²) in [5, 5.41) is 7.98. The van der Waals surface area contributed by atoms with Crippen LogP contribution >= 0.6 is 28.3 Å². The first-order valence-corrected chi connectivity index (χ1v) is 6.29. The maximum atomic E-state index is 7.98. The minimum atomic E-state index is 0. The number of nitrogens with one attached hydrogen (secondary N) is 1. The van der Waals surface area contributed by atoms with Crippen LogP contribution in [0, 0.1) is 17.8 Å². The monoisotopic (exact) mass is 358 g/mol. The van der Waals surface area contributed by atoms with Crippen molar-refractivity contribution in [2.45, 2.75) is 6.54 Å². The van der Waals surface area contributed by atoms with Crippen molar-refractivity contribution in [2.24, 2.45) is 0 Å². The fourth-order valence-corrected chi connectivity index (χ4v) is 2.93. The van der Waals surface area contributed by atoms with Gasteiger partial charge in [-0.25, -0.2) is 0 Å². The van der Waals surface area contributed by atoms with E-state index in [-0.39, 0.29) is 17.0 Å². The van der Waals surface area contributed by atoms with E-state index >= 15 is 0 Å². The Bertz CT molecular complexity index is 715. The van der Waals surface area contributed by atoms with Crippen LogP contribution in [0.25, 0.3) is 10.2 Å². The largest absolute Gasteiger partial charge is 0.493 e. The zero-order valence-electron chi connectivity index (χ0n) is 11.4. The van der Waals surface area contributed by atoms with Gasteiger partial charge in [0, 0.05) is 6.07 Å². The number of methoxy groups -OCH3 is 3. The van der Waals surface area contributed by atoms with Crippen molar-refractivity contribution in [1.82, 2.24) is 4.57 Å². The number of fused-ring (bicyclic) bond motifs is 1. The molecule has 0 aliphatic heterocycles. The van der Waals surface area contributed by atoms with Gasteiger partial charge in [0.1, 0.15) is 4.70 Å². The molecule has 1 heterocycles. The van der Waals surface area contributed by atoms with Crippen molar-refractivity contribution in [3.05, 3.63) is 10.9 Å². The van der Waals surface area contributed by atoms with Gasteiger partial charge >= 0.3 is 0 Å². The van der Waals surface area contributed by atoms with Crippen LogP contribution in [0.3, 0.4) is 0 Å². The van der Waals surface area contributed by atoms with E-state index in [1.54, 1.807) is 25.9 Å². The van der Waals surface area contributed by atoms with Gasteiger partial charge in [-0.1, -0.05) is 17.3 Å². The number of rotatable bonds is 4. The van der Waals surface area contributed by atoms with Crippen molar-refractivity contribution in [2.75, 3.05) is 21.3 Å². The topological polar surface area (TPSA) is 56.5 Å². The number of terminal acetylenes is 1. The third kappa shape index (κ3) is 2.49. The Balaban J connectivity index is 0.00000200. The molecule has 0 aliphatic carbocycles. The molecule has 2 aromatic rings. The van der Waals surface area contributed by atoms with Crippen molar-refractivity contribution in [3.63, 3.8) is 0 Å².